The molecule has 0 fully saturated rings. The predicted molar refractivity (Wildman–Crippen MR) is 95.4 cm³/mol. The van der Waals surface area contributed by atoms with Gasteiger partial charge in [-0.15, -0.1) is 0 Å². The van der Waals surface area contributed by atoms with Gasteiger partial charge in [0.1, 0.15) is 5.92 Å². The second kappa shape index (κ2) is 8.44. The van der Waals surface area contributed by atoms with E-state index in [0.29, 0.717) is 17.0 Å². The molecule has 0 saturated heterocycles. The number of benzene rings is 2. The SMILES string of the molecule is CC(C)c1ccc(C(O)C(CNC(=O)c2ccccc2)C(=O)O)cc1. The molecule has 2 aromatic carbocycles. The van der Waals surface area contributed by atoms with Gasteiger partial charge in [0.25, 0.3) is 5.91 Å². The third-order valence-corrected chi connectivity index (χ3v) is 4.16. The summed E-state index contributed by atoms with van der Waals surface area (Å²) in [6.45, 7) is 3.96. The lowest BCUT2D eigenvalue weighted by molar-refractivity contribution is -0.145. The van der Waals surface area contributed by atoms with Gasteiger partial charge >= 0.3 is 5.97 Å². The number of nitrogens with one attached hydrogen (secondary N) is 1. The van der Waals surface area contributed by atoms with E-state index in [-0.39, 0.29) is 12.5 Å². The molecule has 0 aliphatic heterocycles. The Kier molecular flexibility index (Phi) is 6.31. The van der Waals surface area contributed by atoms with Crippen LogP contribution in [0.2, 0.25) is 0 Å². The summed E-state index contributed by atoms with van der Waals surface area (Å²) in [4.78, 5) is 23.6. The number of amides is 1. The number of carboxylic acid groups (broad SMARTS) is 1. The second-order valence-electron chi connectivity index (χ2n) is 6.29. The lowest BCUT2D eigenvalue weighted by atomic mass is 9.93. The van der Waals surface area contributed by atoms with Crippen LogP contribution in [0, 0.1) is 5.92 Å². The molecule has 1 amide bonds. The van der Waals surface area contributed by atoms with Crippen molar-refractivity contribution in [3.05, 3.63) is 71.3 Å². The molecule has 5 heteroatoms. The van der Waals surface area contributed by atoms with E-state index in [4.69, 9.17) is 0 Å². The molecular formula is C20H23NO4. The van der Waals surface area contributed by atoms with Crippen LogP contribution in [-0.2, 0) is 4.79 Å². The fourth-order valence-corrected chi connectivity index (χ4v) is 2.54. The van der Waals surface area contributed by atoms with Crippen LogP contribution in [-0.4, -0.2) is 28.6 Å². The van der Waals surface area contributed by atoms with Gasteiger partial charge in [-0.2, -0.15) is 0 Å². The predicted octanol–water partition coefficient (Wildman–Crippen LogP) is 2.97. The minimum absolute atomic E-state index is 0.157. The molecule has 0 spiro atoms. The molecule has 2 atom stereocenters. The Balaban J connectivity index is 2.06. The van der Waals surface area contributed by atoms with Gasteiger partial charge in [-0.1, -0.05) is 56.3 Å². The molecule has 2 aromatic rings. The molecule has 0 heterocycles. The van der Waals surface area contributed by atoms with Crippen molar-refractivity contribution in [3.63, 3.8) is 0 Å². The average molecular weight is 341 g/mol. The highest BCUT2D eigenvalue weighted by atomic mass is 16.4. The van der Waals surface area contributed by atoms with Crippen molar-refractivity contribution in [2.45, 2.75) is 25.9 Å². The maximum absolute atomic E-state index is 12.1. The number of carbonyl (C=O) groups excluding carboxylic acids is 1. The maximum Gasteiger partial charge on any atom is 0.311 e. The van der Waals surface area contributed by atoms with E-state index in [9.17, 15) is 19.8 Å². The zero-order chi connectivity index (χ0) is 18.4. The quantitative estimate of drug-likeness (QED) is 0.722. The third kappa shape index (κ3) is 4.90. The Labute approximate surface area is 147 Å². The number of aliphatic carboxylic acids is 1. The zero-order valence-electron chi connectivity index (χ0n) is 14.3. The van der Waals surface area contributed by atoms with Crippen molar-refractivity contribution in [1.29, 1.82) is 0 Å². The van der Waals surface area contributed by atoms with E-state index in [1.165, 1.54) is 0 Å². The molecular weight excluding hydrogens is 318 g/mol. The highest BCUT2D eigenvalue weighted by Crippen LogP contribution is 2.24. The molecule has 0 aliphatic rings. The number of hydrogen-bond donors (Lipinski definition) is 3. The lowest BCUT2D eigenvalue weighted by Gasteiger charge is -2.20. The van der Waals surface area contributed by atoms with E-state index in [1.54, 1.807) is 42.5 Å². The number of rotatable bonds is 7. The van der Waals surface area contributed by atoms with E-state index in [0.717, 1.165) is 5.56 Å². The second-order valence-corrected chi connectivity index (χ2v) is 6.29. The summed E-state index contributed by atoms with van der Waals surface area (Å²) in [5, 5.41) is 22.4. The summed E-state index contributed by atoms with van der Waals surface area (Å²) >= 11 is 0. The van der Waals surface area contributed by atoms with Crippen LogP contribution in [0.15, 0.2) is 54.6 Å². The number of hydrogen-bond acceptors (Lipinski definition) is 3. The van der Waals surface area contributed by atoms with Gasteiger partial charge in [-0.25, -0.2) is 0 Å². The molecule has 0 bridgehead atoms. The zero-order valence-corrected chi connectivity index (χ0v) is 14.3. The van der Waals surface area contributed by atoms with Crippen LogP contribution in [0.4, 0.5) is 0 Å². The van der Waals surface area contributed by atoms with Crippen LogP contribution in [0.25, 0.3) is 0 Å². The normalized spacial score (nSPS) is 13.3. The van der Waals surface area contributed by atoms with Crippen molar-refractivity contribution in [1.82, 2.24) is 5.32 Å². The number of carboxylic acids is 1. The molecule has 0 saturated carbocycles. The van der Waals surface area contributed by atoms with Crippen molar-refractivity contribution >= 4 is 11.9 Å². The number of carbonyl (C=O) groups is 2. The Morgan fingerprint density at radius 1 is 0.960 bits per heavy atom. The van der Waals surface area contributed by atoms with E-state index >= 15 is 0 Å². The summed E-state index contributed by atoms with van der Waals surface area (Å²) < 4.78 is 0. The molecule has 5 nitrogen and oxygen atoms in total. The minimum atomic E-state index is -1.20. The van der Waals surface area contributed by atoms with Crippen LogP contribution in [0.5, 0.6) is 0 Å². The highest BCUT2D eigenvalue weighted by molar-refractivity contribution is 5.94. The molecule has 2 rings (SSSR count). The average Bonchev–Trinajstić information content (AvgIpc) is 2.62. The van der Waals surface area contributed by atoms with Crippen molar-refractivity contribution in [2.24, 2.45) is 5.92 Å². The van der Waals surface area contributed by atoms with Gasteiger partial charge in [0.05, 0.1) is 6.10 Å². The first kappa shape index (κ1) is 18.7. The summed E-state index contributed by atoms with van der Waals surface area (Å²) in [5.41, 5.74) is 2.08. The summed E-state index contributed by atoms with van der Waals surface area (Å²) in [7, 11) is 0. The standard InChI is InChI=1S/C20H23NO4/c1-13(2)14-8-10-15(11-9-14)18(22)17(20(24)25)12-21-19(23)16-6-4-3-5-7-16/h3-11,13,17-18,22H,12H2,1-2H3,(H,21,23)(H,24,25). The fraction of sp³-hybridized carbons (Fsp3) is 0.300. The topological polar surface area (TPSA) is 86.6 Å². The van der Waals surface area contributed by atoms with Crippen LogP contribution >= 0.6 is 0 Å². The van der Waals surface area contributed by atoms with Gasteiger partial charge in [0.2, 0.25) is 0 Å². The molecule has 3 N–H and O–H groups in total. The highest BCUT2D eigenvalue weighted by Gasteiger charge is 2.28. The van der Waals surface area contributed by atoms with E-state index in [1.807, 2.05) is 12.1 Å². The van der Waals surface area contributed by atoms with Gasteiger partial charge < -0.3 is 15.5 Å². The van der Waals surface area contributed by atoms with Gasteiger partial charge in [0, 0.05) is 12.1 Å². The largest absolute Gasteiger partial charge is 0.481 e. The number of aliphatic hydroxyl groups is 1. The number of aliphatic hydroxyl groups excluding tert-OH is 1. The Morgan fingerprint density at radius 3 is 2.04 bits per heavy atom. The Bertz CT molecular complexity index is 710. The molecule has 132 valence electrons. The Hall–Kier alpha value is -2.66. The molecule has 2 unspecified atom stereocenters. The maximum atomic E-state index is 12.1. The Morgan fingerprint density at radius 2 is 1.52 bits per heavy atom. The van der Waals surface area contributed by atoms with Crippen molar-refractivity contribution in [2.75, 3.05) is 6.54 Å². The van der Waals surface area contributed by atoms with Crippen molar-refractivity contribution in [3.8, 4) is 0 Å². The molecule has 25 heavy (non-hydrogen) atoms. The summed E-state index contributed by atoms with van der Waals surface area (Å²) in [6.07, 6.45) is -1.20. The fourth-order valence-electron chi connectivity index (χ4n) is 2.54. The van der Waals surface area contributed by atoms with Gasteiger partial charge in [-0.05, 0) is 29.2 Å². The molecule has 0 aliphatic carbocycles. The van der Waals surface area contributed by atoms with Crippen molar-refractivity contribution < 1.29 is 19.8 Å². The summed E-state index contributed by atoms with van der Waals surface area (Å²) in [6, 6.07) is 15.8. The van der Waals surface area contributed by atoms with E-state index < -0.39 is 18.0 Å². The first-order valence-electron chi connectivity index (χ1n) is 8.24. The minimum Gasteiger partial charge on any atom is -0.481 e. The first-order valence-corrected chi connectivity index (χ1v) is 8.24. The summed E-state index contributed by atoms with van der Waals surface area (Å²) in [5.74, 6) is -2.30. The van der Waals surface area contributed by atoms with Gasteiger partial charge in [0.15, 0.2) is 0 Å². The van der Waals surface area contributed by atoms with E-state index in [2.05, 4.69) is 19.2 Å². The lowest BCUT2D eigenvalue weighted by Crippen LogP contribution is -2.36. The van der Waals surface area contributed by atoms with Crippen LogP contribution in [0.1, 0.15) is 47.4 Å². The monoisotopic (exact) mass is 341 g/mol. The molecule has 0 aromatic heterocycles. The van der Waals surface area contributed by atoms with Gasteiger partial charge in [-0.3, -0.25) is 9.59 Å². The molecule has 0 radical (unpaired) electrons. The van der Waals surface area contributed by atoms with Crippen LogP contribution in [0.3, 0.4) is 0 Å². The smallest absolute Gasteiger partial charge is 0.311 e. The third-order valence-electron chi connectivity index (χ3n) is 4.16. The first-order chi connectivity index (χ1) is 11.9. The van der Waals surface area contributed by atoms with Crippen LogP contribution < -0.4 is 5.32 Å².